The Labute approximate surface area is 189 Å². The molecule has 0 spiro atoms. The molecule has 0 unspecified atom stereocenters. The summed E-state index contributed by atoms with van der Waals surface area (Å²) in [7, 11) is 0. The van der Waals surface area contributed by atoms with Crippen LogP contribution >= 0.6 is 23.8 Å². The molecule has 3 heterocycles. The first kappa shape index (κ1) is 19.6. The maximum Gasteiger partial charge on any atom is 0.174 e. The molecular formula is C24H18ClN3O2S. The number of anilines is 1. The molecule has 1 fully saturated rings. The second kappa shape index (κ2) is 8.06. The number of nitrogens with one attached hydrogen (secondary N) is 1. The third kappa shape index (κ3) is 3.65. The number of nitrogens with zero attached hydrogens (tertiary/aromatic N) is 2. The summed E-state index contributed by atoms with van der Waals surface area (Å²) in [4.78, 5) is 6.36. The van der Waals surface area contributed by atoms with Gasteiger partial charge >= 0.3 is 0 Å². The SMILES string of the molecule is Oc1ccc(Cl)cc1N1C(=S)N[C@@H](c2ccccn2)[C@@H]1c1ccc(-c2ccccc2)o1. The zero-order chi connectivity index (χ0) is 21.4. The summed E-state index contributed by atoms with van der Waals surface area (Å²) in [5.74, 6) is 1.53. The summed E-state index contributed by atoms with van der Waals surface area (Å²) >= 11 is 11.9. The summed E-state index contributed by atoms with van der Waals surface area (Å²) in [5.41, 5.74) is 2.30. The Morgan fingerprint density at radius 3 is 2.58 bits per heavy atom. The highest BCUT2D eigenvalue weighted by Crippen LogP contribution is 2.45. The average Bonchev–Trinajstić information content (AvgIpc) is 3.41. The van der Waals surface area contributed by atoms with Gasteiger partial charge in [0.25, 0.3) is 0 Å². The maximum atomic E-state index is 10.6. The molecule has 1 aliphatic rings. The minimum Gasteiger partial charge on any atom is -0.506 e. The summed E-state index contributed by atoms with van der Waals surface area (Å²) in [6.45, 7) is 0. The van der Waals surface area contributed by atoms with Crippen molar-refractivity contribution in [3.63, 3.8) is 0 Å². The van der Waals surface area contributed by atoms with E-state index in [2.05, 4.69) is 10.3 Å². The van der Waals surface area contributed by atoms with Crippen LogP contribution in [0.2, 0.25) is 5.02 Å². The topological polar surface area (TPSA) is 61.5 Å². The standard InChI is InChI=1S/C24H18ClN3O2S/c25-16-9-10-19(29)18(14-16)28-23(22(27-24(28)31)17-8-4-5-13-26-17)21-12-11-20(30-21)15-6-2-1-3-7-15/h1-14,22-23,29H,(H,27,31)/t22-,23-/m0/s1. The number of hydrogen-bond donors (Lipinski definition) is 2. The number of rotatable bonds is 4. The van der Waals surface area contributed by atoms with Gasteiger partial charge in [-0.05, 0) is 54.7 Å². The van der Waals surface area contributed by atoms with Gasteiger partial charge in [-0.2, -0.15) is 0 Å². The van der Waals surface area contributed by atoms with Crippen molar-refractivity contribution in [3.05, 3.63) is 102 Å². The van der Waals surface area contributed by atoms with E-state index in [1.807, 2.05) is 65.6 Å². The van der Waals surface area contributed by atoms with Gasteiger partial charge in [0.2, 0.25) is 0 Å². The zero-order valence-electron chi connectivity index (χ0n) is 16.3. The van der Waals surface area contributed by atoms with E-state index in [9.17, 15) is 5.11 Å². The molecule has 2 atom stereocenters. The lowest BCUT2D eigenvalue weighted by Crippen LogP contribution is -2.29. The molecule has 0 bridgehead atoms. The fraction of sp³-hybridized carbons (Fsp3) is 0.0833. The normalized spacial score (nSPS) is 18.2. The Balaban J connectivity index is 1.63. The predicted octanol–water partition coefficient (Wildman–Crippen LogP) is 5.88. The van der Waals surface area contributed by atoms with Gasteiger partial charge in [-0.3, -0.25) is 4.98 Å². The number of benzene rings is 2. The lowest BCUT2D eigenvalue weighted by atomic mass is 10.0. The highest BCUT2D eigenvalue weighted by molar-refractivity contribution is 7.80. The molecule has 4 aromatic rings. The van der Waals surface area contributed by atoms with Gasteiger partial charge in [0.1, 0.15) is 23.3 Å². The average molecular weight is 448 g/mol. The molecule has 2 aromatic carbocycles. The number of hydrogen-bond acceptors (Lipinski definition) is 4. The van der Waals surface area contributed by atoms with E-state index in [1.165, 1.54) is 0 Å². The molecule has 1 aliphatic heterocycles. The molecule has 2 N–H and O–H groups in total. The van der Waals surface area contributed by atoms with Crippen LogP contribution < -0.4 is 10.2 Å². The molecule has 0 saturated carbocycles. The molecule has 0 aliphatic carbocycles. The van der Waals surface area contributed by atoms with E-state index >= 15 is 0 Å². The molecule has 31 heavy (non-hydrogen) atoms. The van der Waals surface area contributed by atoms with Crippen LogP contribution in [0, 0.1) is 0 Å². The Bertz CT molecular complexity index is 1230. The van der Waals surface area contributed by atoms with Crippen LogP contribution in [0.4, 0.5) is 5.69 Å². The van der Waals surface area contributed by atoms with Crippen LogP contribution in [0.5, 0.6) is 5.75 Å². The molecule has 0 radical (unpaired) electrons. The summed E-state index contributed by atoms with van der Waals surface area (Å²) < 4.78 is 6.29. The minimum atomic E-state index is -0.371. The van der Waals surface area contributed by atoms with Crippen molar-refractivity contribution in [3.8, 4) is 17.1 Å². The van der Waals surface area contributed by atoms with Crippen LogP contribution in [0.25, 0.3) is 11.3 Å². The van der Waals surface area contributed by atoms with Crippen molar-refractivity contribution in [1.29, 1.82) is 0 Å². The number of phenolic OH excluding ortho intramolecular Hbond substituents is 1. The number of phenols is 1. The highest BCUT2D eigenvalue weighted by atomic mass is 35.5. The van der Waals surface area contributed by atoms with Crippen LogP contribution in [-0.2, 0) is 0 Å². The van der Waals surface area contributed by atoms with Gasteiger partial charge in [-0.1, -0.05) is 48.0 Å². The van der Waals surface area contributed by atoms with Gasteiger partial charge in [-0.25, -0.2) is 0 Å². The number of halogens is 1. The van der Waals surface area contributed by atoms with Gasteiger partial charge in [0.15, 0.2) is 5.11 Å². The van der Waals surface area contributed by atoms with Crippen LogP contribution in [-0.4, -0.2) is 15.2 Å². The van der Waals surface area contributed by atoms with Crippen molar-refractivity contribution >= 4 is 34.6 Å². The van der Waals surface area contributed by atoms with Crippen molar-refractivity contribution in [2.24, 2.45) is 0 Å². The molecule has 5 rings (SSSR count). The van der Waals surface area contributed by atoms with E-state index in [-0.39, 0.29) is 17.8 Å². The Hall–Kier alpha value is -3.35. The van der Waals surface area contributed by atoms with E-state index in [0.29, 0.717) is 21.6 Å². The summed E-state index contributed by atoms with van der Waals surface area (Å²) in [6, 6.07) is 23.8. The number of aromatic hydroxyl groups is 1. The van der Waals surface area contributed by atoms with Crippen molar-refractivity contribution in [2.75, 3.05) is 4.90 Å². The van der Waals surface area contributed by atoms with Gasteiger partial charge in [0.05, 0.1) is 17.4 Å². The Kier molecular flexibility index (Phi) is 5.10. The molecule has 154 valence electrons. The molecule has 5 nitrogen and oxygen atoms in total. The molecular weight excluding hydrogens is 430 g/mol. The monoisotopic (exact) mass is 447 g/mol. The van der Waals surface area contributed by atoms with Crippen LogP contribution in [0.1, 0.15) is 23.5 Å². The van der Waals surface area contributed by atoms with E-state index < -0.39 is 0 Å². The lowest BCUT2D eigenvalue weighted by Gasteiger charge is -2.26. The van der Waals surface area contributed by atoms with Gasteiger partial charge in [0, 0.05) is 16.8 Å². The number of thiocarbonyl (C=S) groups is 1. The highest BCUT2D eigenvalue weighted by Gasteiger charge is 2.43. The van der Waals surface area contributed by atoms with Crippen molar-refractivity contribution in [1.82, 2.24) is 10.3 Å². The van der Waals surface area contributed by atoms with E-state index in [1.54, 1.807) is 24.4 Å². The summed E-state index contributed by atoms with van der Waals surface area (Å²) in [5, 5.41) is 14.9. The van der Waals surface area contributed by atoms with Gasteiger partial charge < -0.3 is 19.7 Å². The van der Waals surface area contributed by atoms with Crippen molar-refractivity contribution in [2.45, 2.75) is 12.1 Å². The fourth-order valence-corrected chi connectivity index (χ4v) is 4.37. The first-order valence-corrected chi connectivity index (χ1v) is 10.5. The Morgan fingerprint density at radius 1 is 1.00 bits per heavy atom. The van der Waals surface area contributed by atoms with E-state index in [4.69, 9.17) is 28.2 Å². The lowest BCUT2D eigenvalue weighted by molar-refractivity contribution is 0.434. The van der Waals surface area contributed by atoms with Crippen molar-refractivity contribution < 1.29 is 9.52 Å². The maximum absolute atomic E-state index is 10.6. The number of aromatic nitrogens is 1. The van der Waals surface area contributed by atoms with Crippen LogP contribution in [0.15, 0.2) is 89.5 Å². The fourth-order valence-electron chi connectivity index (χ4n) is 3.86. The predicted molar refractivity (Wildman–Crippen MR) is 125 cm³/mol. The largest absolute Gasteiger partial charge is 0.506 e. The van der Waals surface area contributed by atoms with Gasteiger partial charge in [-0.15, -0.1) is 0 Å². The smallest absolute Gasteiger partial charge is 0.174 e. The molecule has 1 saturated heterocycles. The second-order valence-electron chi connectivity index (χ2n) is 7.20. The zero-order valence-corrected chi connectivity index (χ0v) is 17.8. The first-order valence-electron chi connectivity index (χ1n) is 9.76. The number of furan rings is 1. The molecule has 0 amide bonds. The van der Waals surface area contributed by atoms with Crippen LogP contribution in [0.3, 0.4) is 0 Å². The quantitative estimate of drug-likeness (QED) is 0.381. The first-order chi connectivity index (χ1) is 15.1. The second-order valence-corrected chi connectivity index (χ2v) is 8.02. The third-order valence-corrected chi connectivity index (χ3v) is 5.82. The summed E-state index contributed by atoms with van der Waals surface area (Å²) in [6.07, 6.45) is 1.74. The minimum absolute atomic E-state index is 0.0788. The molecule has 2 aromatic heterocycles. The third-order valence-electron chi connectivity index (χ3n) is 5.27. The molecule has 7 heteroatoms. The Morgan fingerprint density at radius 2 is 1.81 bits per heavy atom. The number of pyridine rings is 1. The van der Waals surface area contributed by atoms with E-state index in [0.717, 1.165) is 17.0 Å².